The highest BCUT2D eigenvalue weighted by atomic mass is 32.2. The first-order chi connectivity index (χ1) is 10.7. The van der Waals surface area contributed by atoms with Gasteiger partial charge in [-0.2, -0.15) is 0 Å². The Labute approximate surface area is 137 Å². The summed E-state index contributed by atoms with van der Waals surface area (Å²) in [6, 6.07) is 13.9. The van der Waals surface area contributed by atoms with Gasteiger partial charge < -0.3 is 4.90 Å². The van der Waals surface area contributed by atoms with Crippen molar-refractivity contribution in [3.8, 4) is 0 Å². The van der Waals surface area contributed by atoms with Crippen LogP contribution in [0.2, 0.25) is 0 Å². The van der Waals surface area contributed by atoms with Gasteiger partial charge in [-0.25, -0.2) is 8.42 Å². The summed E-state index contributed by atoms with van der Waals surface area (Å²) in [5, 5.41) is 0. The van der Waals surface area contributed by atoms with Crippen molar-refractivity contribution in [3.05, 3.63) is 65.2 Å². The Balaban J connectivity index is 2.20. The Bertz CT molecular complexity index is 793. The Morgan fingerprint density at radius 2 is 1.52 bits per heavy atom. The van der Waals surface area contributed by atoms with Gasteiger partial charge in [-0.1, -0.05) is 29.8 Å². The normalized spacial score (nSPS) is 12.7. The van der Waals surface area contributed by atoms with Crippen molar-refractivity contribution in [2.45, 2.75) is 24.8 Å². The number of nitrogens with zero attached hydrogens (tertiary/aromatic N) is 1. The predicted octanol–water partition coefficient (Wildman–Crippen LogP) is 3.23. The minimum absolute atomic E-state index is 0.0651. The van der Waals surface area contributed by atoms with Crippen LogP contribution in [-0.2, 0) is 9.84 Å². The Morgan fingerprint density at radius 1 is 1.00 bits per heavy atom. The molecular formula is C18H21NO3S. The van der Waals surface area contributed by atoms with E-state index < -0.39 is 9.84 Å². The topological polar surface area (TPSA) is 54.5 Å². The van der Waals surface area contributed by atoms with Crippen molar-refractivity contribution in [2.75, 3.05) is 13.3 Å². The van der Waals surface area contributed by atoms with Gasteiger partial charge in [0, 0.05) is 18.9 Å². The molecule has 0 saturated carbocycles. The molecule has 0 saturated heterocycles. The summed E-state index contributed by atoms with van der Waals surface area (Å²) in [6.07, 6.45) is 1.18. The summed E-state index contributed by atoms with van der Waals surface area (Å²) in [4.78, 5) is 14.5. The van der Waals surface area contributed by atoms with E-state index in [0.29, 0.717) is 5.56 Å². The van der Waals surface area contributed by atoms with Gasteiger partial charge >= 0.3 is 0 Å². The molecule has 0 heterocycles. The van der Waals surface area contributed by atoms with Crippen LogP contribution in [-0.4, -0.2) is 32.5 Å². The predicted molar refractivity (Wildman–Crippen MR) is 91.2 cm³/mol. The molecule has 2 aromatic carbocycles. The molecule has 0 aliphatic carbocycles. The molecule has 0 N–H and O–H groups in total. The number of sulfone groups is 1. The van der Waals surface area contributed by atoms with Gasteiger partial charge in [-0.05, 0) is 43.7 Å². The van der Waals surface area contributed by atoms with Gasteiger partial charge in [0.15, 0.2) is 9.84 Å². The molecule has 0 spiro atoms. The quantitative estimate of drug-likeness (QED) is 0.864. The summed E-state index contributed by atoms with van der Waals surface area (Å²) in [5.74, 6) is -0.0651. The van der Waals surface area contributed by atoms with Gasteiger partial charge in [0.1, 0.15) is 0 Å². The number of benzene rings is 2. The van der Waals surface area contributed by atoms with Crippen LogP contribution in [0.1, 0.15) is 34.5 Å². The van der Waals surface area contributed by atoms with E-state index >= 15 is 0 Å². The van der Waals surface area contributed by atoms with Gasteiger partial charge in [0.25, 0.3) is 5.91 Å². The van der Waals surface area contributed by atoms with Crippen molar-refractivity contribution >= 4 is 15.7 Å². The zero-order valence-corrected chi connectivity index (χ0v) is 14.6. The summed E-state index contributed by atoms with van der Waals surface area (Å²) in [6.45, 7) is 3.89. The second kappa shape index (κ2) is 6.54. The zero-order chi connectivity index (χ0) is 17.2. The smallest absolute Gasteiger partial charge is 0.254 e. The van der Waals surface area contributed by atoms with Crippen LogP contribution in [0.15, 0.2) is 53.4 Å². The fourth-order valence-corrected chi connectivity index (χ4v) is 2.92. The van der Waals surface area contributed by atoms with Gasteiger partial charge in [-0.3, -0.25) is 4.79 Å². The molecule has 0 aromatic heterocycles. The summed E-state index contributed by atoms with van der Waals surface area (Å²) in [5.41, 5.74) is 2.63. The van der Waals surface area contributed by atoms with E-state index in [4.69, 9.17) is 0 Å². The lowest BCUT2D eigenvalue weighted by atomic mass is 10.1. The van der Waals surface area contributed by atoms with Crippen LogP contribution in [0.25, 0.3) is 0 Å². The van der Waals surface area contributed by atoms with E-state index in [1.807, 2.05) is 38.1 Å². The molecule has 5 heteroatoms. The van der Waals surface area contributed by atoms with E-state index in [1.54, 1.807) is 36.2 Å². The molecule has 2 aromatic rings. The first-order valence-corrected chi connectivity index (χ1v) is 9.23. The number of carbonyl (C=O) groups is 1. The lowest BCUT2D eigenvalue weighted by Gasteiger charge is -2.25. The molecule has 0 aliphatic heterocycles. The Morgan fingerprint density at radius 3 is 2.00 bits per heavy atom. The SMILES string of the molecule is Cc1ccc(C(=O)N(C)C(C)c2ccc(S(C)(=O)=O)cc2)cc1. The average Bonchev–Trinajstić information content (AvgIpc) is 2.53. The maximum absolute atomic E-state index is 12.5. The van der Waals surface area contributed by atoms with E-state index in [9.17, 15) is 13.2 Å². The highest BCUT2D eigenvalue weighted by Gasteiger charge is 2.19. The lowest BCUT2D eigenvalue weighted by Crippen LogP contribution is -2.29. The number of hydrogen-bond donors (Lipinski definition) is 0. The van der Waals surface area contributed by atoms with Gasteiger partial charge in [-0.15, -0.1) is 0 Å². The molecule has 1 amide bonds. The fourth-order valence-electron chi connectivity index (χ4n) is 2.29. The molecule has 0 aliphatic rings. The lowest BCUT2D eigenvalue weighted by molar-refractivity contribution is 0.0742. The monoisotopic (exact) mass is 331 g/mol. The Kier molecular flexibility index (Phi) is 4.90. The number of amides is 1. The van der Waals surface area contributed by atoms with E-state index in [-0.39, 0.29) is 16.8 Å². The van der Waals surface area contributed by atoms with Gasteiger partial charge in [0.05, 0.1) is 10.9 Å². The minimum Gasteiger partial charge on any atom is -0.335 e. The second-order valence-corrected chi connectivity index (χ2v) is 7.81. The number of carbonyl (C=O) groups excluding carboxylic acids is 1. The maximum atomic E-state index is 12.5. The molecule has 0 fully saturated rings. The molecule has 0 radical (unpaired) electrons. The molecule has 1 unspecified atom stereocenters. The number of hydrogen-bond acceptors (Lipinski definition) is 3. The van der Waals surface area contributed by atoms with E-state index in [2.05, 4.69) is 0 Å². The second-order valence-electron chi connectivity index (χ2n) is 5.80. The van der Waals surface area contributed by atoms with Crippen molar-refractivity contribution < 1.29 is 13.2 Å². The van der Waals surface area contributed by atoms with Crippen LogP contribution < -0.4 is 0 Å². The zero-order valence-electron chi connectivity index (χ0n) is 13.8. The molecule has 2 rings (SSSR count). The molecule has 4 nitrogen and oxygen atoms in total. The van der Waals surface area contributed by atoms with Crippen molar-refractivity contribution in [3.63, 3.8) is 0 Å². The minimum atomic E-state index is -3.21. The third-order valence-electron chi connectivity index (χ3n) is 3.99. The number of rotatable bonds is 4. The molecule has 0 bridgehead atoms. The average molecular weight is 331 g/mol. The van der Waals surface area contributed by atoms with Crippen molar-refractivity contribution in [1.82, 2.24) is 4.90 Å². The standard InChI is InChI=1S/C18H21NO3S/c1-13-5-7-16(8-6-13)18(20)19(3)14(2)15-9-11-17(12-10-15)23(4,21)22/h5-12,14H,1-4H3. The third kappa shape index (κ3) is 3.99. The molecule has 23 heavy (non-hydrogen) atoms. The Hall–Kier alpha value is -2.14. The van der Waals surface area contributed by atoms with Crippen LogP contribution in [0.4, 0.5) is 0 Å². The number of aryl methyl sites for hydroxylation is 1. The fraction of sp³-hybridized carbons (Fsp3) is 0.278. The highest BCUT2D eigenvalue weighted by Crippen LogP contribution is 2.22. The summed E-state index contributed by atoms with van der Waals surface area (Å²) < 4.78 is 23.0. The summed E-state index contributed by atoms with van der Waals surface area (Å²) >= 11 is 0. The third-order valence-corrected chi connectivity index (χ3v) is 5.12. The molecule has 122 valence electrons. The largest absolute Gasteiger partial charge is 0.335 e. The first-order valence-electron chi connectivity index (χ1n) is 7.34. The van der Waals surface area contributed by atoms with Crippen LogP contribution in [0.5, 0.6) is 0 Å². The first kappa shape index (κ1) is 17.2. The molecule has 1 atom stereocenters. The molecular weight excluding hydrogens is 310 g/mol. The van der Waals surface area contributed by atoms with Gasteiger partial charge in [0.2, 0.25) is 0 Å². The maximum Gasteiger partial charge on any atom is 0.254 e. The highest BCUT2D eigenvalue weighted by molar-refractivity contribution is 7.90. The summed E-state index contributed by atoms with van der Waals surface area (Å²) in [7, 11) is -1.46. The van der Waals surface area contributed by atoms with Crippen LogP contribution in [0.3, 0.4) is 0 Å². The van der Waals surface area contributed by atoms with E-state index in [1.165, 1.54) is 6.26 Å². The van der Waals surface area contributed by atoms with Crippen molar-refractivity contribution in [1.29, 1.82) is 0 Å². The van der Waals surface area contributed by atoms with Crippen molar-refractivity contribution in [2.24, 2.45) is 0 Å². The van der Waals surface area contributed by atoms with Crippen LogP contribution in [0, 0.1) is 6.92 Å². The van der Waals surface area contributed by atoms with Crippen LogP contribution >= 0.6 is 0 Å². The van der Waals surface area contributed by atoms with E-state index in [0.717, 1.165) is 11.1 Å².